The highest BCUT2D eigenvalue weighted by Gasteiger charge is 2.15. The van der Waals surface area contributed by atoms with Gasteiger partial charge in [0.2, 0.25) is 5.16 Å². The first-order chi connectivity index (χ1) is 8.20. The quantitative estimate of drug-likeness (QED) is 0.814. The zero-order chi connectivity index (χ0) is 12.3. The number of nitrogens with zero attached hydrogens (tertiary/aromatic N) is 2. The standard InChI is InChI=1S/C12H16N4S/c1-8-5-3-4-6-10(8)11(7-13)17-12-14-9(2)15-16-12/h3-6,11H,7,13H2,1-2H3,(H,14,15,16). The number of aromatic nitrogens is 3. The first-order valence-electron chi connectivity index (χ1n) is 5.52. The average molecular weight is 248 g/mol. The zero-order valence-electron chi connectivity index (χ0n) is 9.97. The molecular formula is C12H16N4S. The summed E-state index contributed by atoms with van der Waals surface area (Å²) in [5.41, 5.74) is 8.35. The lowest BCUT2D eigenvalue weighted by molar-refractivity contribution is 0.907. The molecule has 5 heteroatoms. The minimum atomic E-state index is 0.200. The average Bonchev–Trinajstić information content (AvgIpc) is 2.73. The Labute approximate surface area is 105 Å². The molecule has 4 nitrogen and oxygen atoms in total. The molecule has 17 heavy (non-hydrogen) atoms. The van der Waals surface area contributed by atoms with E-state index in [0.29, 0.717) is 6.54 Å². The van der Waals surface area contributed by atoms with E-state index < -0.39 is 0 Å². The van der Waals surface area contributed by atoms with Gasteiger partial charge in [0.05, 0.1) is 0 Å². The van der Waals surface area contributed by atoms with Crippen molar-refractivity contribution in [3.8, 4) is 0 Å². The summed E-state index contributed by atoms with van der Waals surface area (Å²) >= 11 is 1.60. The Morgan fingerprint density at radius 1 is 1.35 bits per heavy atom. The Kier molecular flexibility index (Phi) is 3.81. The Morgan fingerprint density at radius 3 is 2.71 bits per heavy atom. The van der Waals surface area contributed by atoms with E-state index in [9.17, 15) is 0 Å². The number of rotatable bonds is 4. The number of aryl methyl sites for hydroxylation is 2. The summed E-state index contributed by atoms with van der Waals surface area (Å²) in [6, 6.07) is 8.28. The van der Waals surface area contributed by atoms with E-state index >= 15 is 0 Å². The number of thioether (sulfide) groups is 1. The number of hydrogen-bond acceptors (Lipinski definition) is 4. The molecule has 2 aromatic rings. The van der Waals surface area contributed by atoms with E-state index in [2.05, 4.69) is 34.2 Å². The van der Waals surface area contributed by atoms with Crippen molar-refractivity contribution >= 4 is 11.8 Å². The van der Waals surface area contributed by atoms with Crippen LogP contribution in [0.3, 0.4) is 0 Å². The van der Waals surface area contributed by atoms with Crippen molar-refractivity contribution in [2.45, 2.75) is 24.3 Å². The lowest BCUT2D eigenvalue weighted by atomic mass is 10.1. The second-order valence-corrected chi connectivity index (χ2v) is 5.07. The van der Waals surface area contributed by atoms with Crippen LogP contribution in [0, 0.1) is 13.8 Å². The van der Waals surface area contributed by atoms with Crippen LogP contribution in [0.25, 0.3) is 0 Å². The molecule has 1 heterocycles. The first-order valence-corrected chi connectivity index (χ1v) is 6.40. The number of nitrogens with two attached hydrogens (primary N) is 1. The molecule has 1 atom stereocenters. The maximum absolute atomic E-state index is 5.84. The summed E-state index contributed by atoms with van der Waals surface area (Å²) in [5.74, 6) is 0.827. The van der Waals surface area contributed by atoms with E-state index in [0.717, 1.165) is 11.0 Å². The van der Waals surface area contributed by atoms with Crippen LogP contribution in [-0.2, 0) is 0 Å². The van der Waals surface area contributed by atoms with Gasteiger partial charge in [-0.3, -0.25) is 5.10 Å². The van der Waals surface area contributed by atoms with Crippen LogP contribution in [0.15, 0.2) is 29.4 Å². The summed E-state index contributed by atoms with van der Waals surface area (Å²) in [6.07, 6.45) is 0. The van der Waals surface area contributed by atoms with Crippen molar-refractivity contribution in [3.63, 3.8) is 0 Å². The van der Waals surface area contributed by atoms with Crippen molar-refractivity contribution in [3.05, 3.63) is 41.2 Å². The third-order valence-corrected chi connectivity index (χ3v) is 3.70. The highest BCUT2D eigenvalue weighted by atomic mass is 32.2. The number of benzene rings is 1. The second kappa shape index (κ2) is 5.33. The summed E-state index contributed by atoms with van der Waals surface area (Å²) < 4.78 is 0. The van der Waals surface area contributed by atoms with Gasteiger partial charge in [0.15, 0.2) is 0 Å². The predicted octanol–water partition coefficient (Wildman–Crippen LogP) is 2.21. The third-order valence-electron chi connectivity index (χ3n) is 2.57. The van der Waals surface area contributed by atoms with Gasteiger partial charge >= 0.3 is 0 Å². The van der Waals surface area contributed by atoms with E-state index in [1.807, 2.05) is 19.1 Å². The molecule has 90 valence electrons. The molecule has 0 fully saturated rings. The molecule has 3 N–H and O–H groups in total. The molecule has 0 saturated heterocycles. The van der Waals surface area contributed by atoms with Gasteiger partial charge in [-0.05, 0) is 25.0 Å². The van der Waals surface area contributed by atoms with Gasteiger partial charge in [-0.15, -0.1) is 5.10 Å². The molecule has 0 aliphatic rings. The number of hydrogen-bond donors (Lipinski definition) is 2. The fourth-order valence-electron chi connectivity index (χ4n) is 1.69. The molecule has 0 aliphatic carbocycles. The molecule has 0 aliphatic heterocycles. The predicted molar refractivity (Wildman–Crippen MR) is 70.0 cm³/mol. The van der Waals surface area contributed by atoms with Crippen LogP contribution in [0.2, 0.25) is 0 Å². The molecule has 0 radical (unpaired) electrons. The fraction of sp³-hybridized carbons (Fsp3) is 0.333. The first kappa shape index (κ1) is 12.1. The monoisotopic (exact) mass is 248 g/mol. The summed E-state index contributed by atoms with van der Waals surface area (Å²) in [4.78, 5) is 4.29. The molecule has 0 saturated carbocycles. The van der Waals surface area contributed by atoms with Crippen LogP contribution in [0.1, 0.15) is 22.2 Å². The van der Waals surface area contributed by atoms with Crippen molar-refractivity contribution in [2.75, 3.05) is 6.54 Å². The van der Waals surface area contributed by atoms with Gasteiger partial charge in [-0.25, -0.2) is 4.98 Å². The summed E-state index contributed by atoms with van der Waals surface area (Å²) in [6.45, 7) is 4.56. The van der Waals surface area contributed by atoms with E-state index in [1.165, 1.54) is 11.1 Å². The summed E-state index contributed by atoms with van der Waals surface area (Å²) in [7, 11) is 0. The SMILES string of the molecule is Cc1nc(SC(CN)c2ccccc2C)n[nH]1. The number of aromatic amines is 1. The molecule has 0 bridgehead atoms. The lowest BCUT2D eigenvalue weighted by Gasteiger charge is -2.15. The fourth-order valence-corrected chi connectivity index (χ4v) is 2.72. The smallest absolute Gasteiger partial charge is 0.209 e. The number of H-pyrrole nitrogens is 1. The van der Waals surface area contributed by atoms with E-state index in [4.69, 9.17) is 5.73 Å². The van der Waals surface area contributed by atoms with Crippen LogP contribution < -0.4 is 5.73 Å². The molecule has 0 spiro atoms. The Morgan fingerprint density at radius 2 is 2.12 bits per heavy atom. The Balaban J connectivity index is 2.20. The van der Waals surface area contributed by atoms with Gasteiger partial charge in [0.25, 0.3) is 0 Å². The second-order valence-electron chi connectivity index (χ2n) is 3.90. The van der Waals surface area contributed by atoms with Crippen LogP contribution in [0.5, 0.6) is 0 Å². The van der Waals surface area contributed by atoms with Gasteiger partial charge in [0.1, 0.15) is 5.82 Å². The minimum absolute atomic E-state index is 0.200. The largest absolute Gasteiger partial charge is 0.329 e. The molecule has 1 aromatic carbocycles. The molecule has 0 amide bonds. The van der Waals surface area contributed by atoms with Gasteiger partial charge in [-0.2, -0.15) is 0 Å². The van der Waals surface area contributed by atoms with E-state index in [-0.39, 0.29) is 5.25 Å². The minimum Gasteiger partial charge on any atom is -0.329 e. The molecular weight excluding hydrogens is 232 g/mol. The maximum Gasteiger partial charge on any atom is 0.209 e. The van der Waals surface area contributed by atoms with Crippen LogP contribution in [-0.4, -0.2) is 21.7 Å². The zero-order valence-corrected chi connectivity index (χ0v) is 10.8. The Bertz CT molecular complexity index is 495. The molecule has 2 rings (SSSR count). The van der Waals surface area contributed by atoms with Gasteiger partial charge in [0, 0.05) is 11.8 Å². The third kappa shape index (κ3) is 2.87. The highest BCUT2D eigenvalue weighted by molar-refractivity contribution is 7.99. The normalized spacial score (nSPS) is 12.6. The van der Waals surface area contributed by atoms with Crippen molar-refractivity contribution < 1.29 is 0 Å². The van der Waals surface area contributed by atoms with Crippen molar-refractivity contribution in [1.29, 1.82) is 0 Å². The number of nitrogens with one attached hydrogen (secondary N) is 1. The van der Waals surface area contributed by atoms with Crippen molar-refractivity contribution in [1.82, 2.24) is 15.2 Å². The highest BCUT2D eigenvalue weighted by Crippen LogP contribution is 2.33. The summed E-state index contributed by atoms with van der Waals surface area (Å²) in [5, 5.41) is 7.92. The van der Waals surface area contributed by atoms with Crippen molar-refractivity contribution in [2.24, 2.45) is 5.73 Å². The van der Waals surface area contributed by atoms with Gasteiger partial charge < -0.3 is 5.73 Å². The Hall–Kier alpha value is -1.33. The maximum atomic E-state index is 5.84. The van der Waals surface area contributed by atoms with E-state index in [1.54, 1.807) is 11.8 Å². The molecule has 1 aromatic heterocycles. The lowest BCUT2D eigenvalue weighted by Crippen LogP contribution is -2.10. The van der Waals surface area contributed by atoms with Crippen LogP contribution >= 0.6 is 11.8 Å². The topological polar surface area (TPSA) is 67.6 Å². The van der Waals surface area contributed by atoms with Crippen LogP contribution in [0.4, 0.5) is 0 Å². The molecule has 1 unspecified atom stereocenters. The van der Waals surface area contributed by atoms with Gasteiger partial charge in [-0.1, -0.05) is 36.0 Å².